The number of H-pyrrole nitrogens is 1. The van der Waals surface area contributed by atoms with Crippen molar-refractivity contribution >= 4 is 16.9 Å². The van der Waals surface area contributed by atoms with Crippen LogP contribution < -0.4 is 14.8 Å². The molecule has 0 fully saturated rings. The van der Waals surface area contributed by atoms with Gasteiger partial charge in [-0.05, 0) is 50.2 Å². The predicted octanol–water partition coefficient (Wildman–Crippen LogP) is 3.95. The molecule has 31 heavy (non-hydrogen) atoms. The number of carbonyl (C=O) groups excluding carboxylic acids is 1. The van der Waals surface area contributed by atoms with Crippen molar-refractivity contribution in [2.24, 2.45) is 0 Å². The van der Waals surface area contributed by atoms with Gasteiger partial charge in [0, 0.05) is 11.6 Å². The van der Waals surface area contributed by atoms with Crippen molar-refractivity contribution in [3.63, 3.8) is 0 Å². The van der Waals surface area contributed by atoms with Crippen LogP contribution in [0.3, 0.4) is 0 Å². The number of nitrogens with zero attached hydrogens (tertiary/aromatic N) is 3. The van der Waals surface area contributed by atoms with Gasteiger partial charge in [-0.1, -0.05) is 12.1 Å². The standard InChI is InChI=1S/C23H25N5O3/c1-14(2)28-19-8-6-5-7-16(19)25-22(28)13-24-23(29)18-12-17(26-27-18)15-9-10-20(30-3)21(11-15)31-4/h5-12,14H,13H2,1-4H3,(H,24,29)(H,26,27). The highest BCUT2D eigenvalue weighted by Gasteiger charge is 2.16. The highest BCUT2D eigenvalue weighted by atomic mass is 16.5. The molecule has 4 aromatic rings. The smallest absolute Gasteiger partial charge is 0.269 e. The van der Waals surface area contributed by atoms with Crippen molar-refractivity contribution in [3.8, 4) is 22.8 Å². The number of nitrogens with one attached hydrogen (secondary N) is 2. The maximum Gasteiger partial charge on any atom is 0.269 e. The molecule has 160 valence electrons. The quantitative estimate of drug-likeness (QED) is 0.473. The number of hydrogen-bond acceptors (Lipinski definition) is 5. The van der Waals surface area contributed by atoms with Crippen LogP contribution in [0.1, 0.15) is 36.2 Å². The van der Waals surface area contributed by atoms with Crippen LogP contribution in [0.15, 0.2) is 48.5 Å². The Morgan fingerprint density at radius 2 is 1.87 bits per heavy atom. The van der Waals surface area contributed by atoms with Gasteiger partial charge in [-0.3, -0.25) is 9.89 Å². The van der Waals surface area contributed by atoms with Gasteiger partial charge in [0.15, 0.2) is 11.5 Å². The van der Waals surface area contributed by atoms with Gasteiger partial charge in [0.25, 0.3) is 5.91 Å². The maximum atomic E-state index is 12.7. The number of para-hydroxylation sites is 2. The third kappa shape index (κ3) is 3.96. The monoisotopic (exact) mass is 419 g/mol. The summed E-state index contributed by atoms with van der Waals surface area (Å²) in [6.07, 6.45) is 0. The summed E-state index contributed by atoms with van der Waals surface area (Å²) in [5, 5.41) is 10.0. The lowest BCUT2D eigenvalue weighted by Crippen LogP contribution is -2.25. The first-order chi connectivity index (χ1) is 15.0. The molecule has 0 unspecified atom stereocenters. The normalized spacial score (nSPS) is 11.1. The summed E-state index contributed by atoms with van der Waals surface area (Å²) in [6.45, 7) is 4.52. The minimum absolute atomic E-state index is 0.225. The number of methoxy groups -OCH3 is 2. The molecule has 2 N–H and O–H groups in total. The van der Waals surface area contributed by atoms with Gasteiger partial charge >= 0.3 is 0 Å². The fraction of sp³-hybridized carbons (Fsp3) is 0.261. The van der Waals surface area contributed by atoms with E-state index in [2.05, 4.69) is 38.9 Å². The van der Waals surface area contributed by atoms with Gasteiger partial charge in [0.05, 0.1) is 37.5 Å². The van der Waals surface area contributed by atoms with Crippen molar-refractivity contribution in [3.05, 3.63) is 60.0 Å². The van der Waals surface area contributed by atoms with Crippen LogP contribution in [0.5, 0.6) is 11.5 Å². The topological polar surface area (TPSA) is 94.1 Å². The van der Waals surface area contributed by atoms with Crippen LogP contribution in [0.25, 0.3) is 22.3 Å². The highest BCUT2D eigenvalue weighted by molar-refractivity contribution is 5.93. The average Bonchev–Trinajstić information content (AvgIpc) is 3.42. The van der Waals surface area contributed by atoms with Crippen molar-refractivity contribution in [2.45, 2.75) is 26.4 Å². The molecule has 0 spiro atoms. The molecular formula is C23H25N5O3. The highest BCUT2D eigenvalue weighted by Crippen LogP contribution is 2.31. The average molecular weight is 419 g/mol. The van der Waals surface area contributed by atoms with Gasteiger partial charge < -0.3 is 19.4 Å². The molecule has 0 aliphatic carbocycles. The second kappa shape index (κ2) is 8.51. The Hall–Kier alpha value is -3.81. The lowest BCUT2D eigenvalue weighted by Gasteiger charge is -2.13. The van der Waals surface area contributed by atoms with Gasteiger partial charge in [-0.15, -0.1) is 0 Å². The third-order valence-corrected chi connectivity index (χ3v) is 5.09. The molecule has 0 bridgehead atoms. The predicted molar refractivity (Wildman–Crippen MR) is 118 cm³/mol. The molecule has 2 aromatic carbocycles. The van der Waals surface area contributed by atoms with Gasteiger partial charge in [0.2, 0.25) is 0 Å². The number of aromatic amines is 1. The van der Waals surface area contributed by atoms with Crippen LogP contribution in [0, 0.1) is 0 Å². The molecule has 4 rings (SSSR count). The molecular weight excluding hydrogens is 394 g/mol. The number of fused-ring (bicyclic) bond motifs is 1. The molecule has 2 heterocycles. The molecule has 0 saturated carbocycles. The van der Waals surface area contributed by atoms with E-state index in [4.69, 9.17) is 9.47 Å². The Morgan fingerprint density at radius 1 is 1.10 bits per heavy atom. The number of hydrogen-bond donors (Lipinski definition) is 2. The molecule has 0 aliphatic heterocycles. The van der Waals surface area contributed by atoms with E-state index >= 15 is 0 Å². The van der Waals surface area contributed by atoms with Crippen molar-refractivity contribution in [1.29, 1.82) is 0 Å². The van der Waals surface area contributed by atoms with E-state index in [1.54, 1.807) is 26.4 Å². The van der Waals surface area contributed by atoms with E-state index in [-0.39, 0.29) is 11.9 Å². The third-order valence-electron chi connectivity index (χ3n) is 5.09. The Morgan fingerprint density at radius 3 is 2.61 bits per heavy atom. The van der Waals surface area contributed by atoms with Crippen LogP contribution in [0.2, 0.25) is 0 Å². The summed E-state index contributed by atoms with van der Waals surface area (Å²) in [4.78, 5) is 17.4. The molecule has 8 heteroatoms. The zero-order valence-electron chi connectivity index (χ0n) is 18.0. The second-order valence-electron chi connectivity index (χ2n) is 7.40. The van der Waals surface area contributed by atoms with Crippen LogP contribution in [-0.4, -0.2) is 39.9 Å². The van der Waals surface area contributed by atoms with Crippen LogP contribution in [0.4, 0.5) is 0 Å². The largest absolute Gasteiger partial charge is 0.493 e. The zero-order chi connectivity index (χ0) is 22.0. The molecule has 2 aromatic heterocycles. The van der Waals surface area contributed by atoms with Gasteiger partial charge in [-0.2, -0.15) is 5.10 Å². The fourth-order valence-corrected chi connectivity index (χ4v) is 3.63. The number of amides is 1. The summed E-state index contributed by atoms with van der Waals surface area (Å²) in [5.41, 5.74) is 3.80. The fourth-order valence-electron chi connectivity index (χ4n) is 3.63. The number of benzene rings is 2. The SMILES string of the molecule is COc1ccc(-c2cc(C(=O)NCc3nc4ccccc4n3C(C)C)[nH]n2)cc1OC. The lowest BCUT2D eigenvalue weighted by atomic mass is 10.1. The summed E-state index contributed by atoms with van der Waals surface area (Å²) >= 11 is 0. The second-order valence-corrected chi connectivity index (χ2v) is 7.40. The molecule has 0 radical (unpaired) electrons. The Kier molecular flexibility index (Phi) is 5.62. The lowest BCUT2D eigenvalue weighted by molar-refractivity contribution is 0.0944. The Labute approximate surface area is 180 Å². The zero-order valence-corrected chi connectivity index (χ0v) is 18.0. The summed E-state index contributed by atoms with van der Waals surface area (Å²) < 4.78 is 12.7. The minimum Gasteiger partial charge on any atom is -0.493 e. The van der Waals surface area contributed by atoms with Crippen molar-refractivity contribution in [1.82, 2.24) is 25.1 Å². The summed E-state index contributed by atoms with van der Waals surface area (Å²) in [7, 11) is 3.16. The molecule has 8 nitrogen and oxygen atoms in total. The number of ether oxygens (including phenoxy) is 2. The van der Waals surface area contributed by atoms with E-state index < -0.39 is 0 Å². The molecule has 1 amide bonds. The molecule has 0 saturated heterocycles. The molecule has 0 atom stereocenters. The van der Waals surface area contributed by atoms with Crippen molar-refractivity contribution in [2.75, 3.05) is 14.2 Å². The number of rotatable bonds is 7. The first-order valence-electron chi connectivity index (χ1n) is 10.0. The van der Waals surface area contributed by atoms with E-state index in [1.165, 1.54) is 0 Å². The van der Waals surface area contributed by atoms with E-state index in [1.807, 2.05) is 36.4 Å². The Bertz CT molecular complexity index is 1230. The van der Waals surface area contributed by atoms with E-state index in [0.29, 0.717) is 29.4 Å². The van der Waals surface area contributed by atoms with E-state index in [0.717, 1.165) is 22.4 Å². The van der Waals surface area contributed by atoms with Crippen molar-refractivity contribution < 1.29 is 14.3 Å². The van der Waals surface area contributed by atoms with Crippen LogP contribution >= 0.6 is 0 Å². The number of carbonyl (C=O) groups is 1. The van der Waals surface area contributed by atoms with Crippen LogP contribution in [-0.2, 0) is 6.54 Å². The summed E-state index contributed by atoms with van der Waals surface area (Å²) in [5.74, 6) is 1.79. The Balaban J connectivity index is 1.52. The first-order valence-corrected chi connectivity index (χ1v) is 10.0. The first kappa shape index (κ1) is 20.5. The minimum atomic E-state index is -0.249. The maximum absolute atomic E-state index is 12.7. The van der Waals surface area contributed by atoms with E-state index in [9.17, 15) is 4.79 Å². The number of imidazole rings is 1. The van der Waals surface area contributed by atoms with Gasteiger partial charge in [-0.25, -0.2) is 4.98 Å². The molecule has 0 aliphatic rings. The number of aromatic nitrogens is 4. The van der Waals surface area contributed by atoms with Gasteiger partial charge in [0.1, 0.15) is 11.5 Å². The summed E-state index contributed by atoms with van der Waals surface area (Å²) in [6, 6.07) is 15.4.